The van der Waals surface area contributed by atoms with Crippen molar-refractivity contribution in [3.8, 4) is 0 Å². The van der Waals surface area contributed by atoms with Gasteiger partial charge in [0.2, 0.25) is 5.91 Å². The molecule has 2 heterocycles. The average Bonchev–Trinajstić information content (AvgIpc) is 2.69. The van der Waals surface area contributed by atoms with E-state index in [2.05, 4.69) is 21.3 Å². The van der Waals surface area contributed by atoms with Crippen LogP contribution in [0.1, 0.15) is 37.7 Å². The molecule has 1 aromatic rings. The van der Waals surface area contributed by atoms with Gasteiger partial charge in [-0.25, -0.2) is 0 Å². The molecule has 1 amide bonds. The lowest BCUT2D eigenvalue weighted by Gasteiger charge is -2.40. The molecular formula is C21H32ClIN4O2. The molecule has 0 bridgehead atoms. The molecule has 1 atom stereocenters. The van der Waals surface area contributed by atoms with Gasteiger partial charge in [-0.1, -0.05) is 29.8 Å². The third-order valence-corrected chi connectivity index (χ3v) is 6.33. The van der Waals surface area contributed by atoms with Crippen LogP contribution in [0.4, 0.5) is 0 Å². The quantitative estimate of drug-likeness (QED) is 0.346. The number of carbonyl (C=O) groups is 1. The summed E-state index contributed by atoms with van der Waals surface area (Å²) in [4.78, 5) is 18.1. The highest BCUT2D eigenvalue weighted by atomic mass is 127. The molecule has 29 heavy (non-hydrogen) atoms. The SMILES string of the molecule is CN=C(NCC1(c2ccccc2Cl)CCOCC1)N1CCCC(CC(N)=O)C1.I. The Morgan fingerprint density at radius 3 is 2.76 bits per heavy atom. The fourth-order valence-electron chi connectivity index (χ4n) is 4.48. The van der Waals surface area contributed by atoms with E-state index in [4.69, 9.17) is 22.1 Å². The van der Waals surface area contributed by atoms with Gasteiger partial charge in [0.05, 0.1) is 0 Å². The van der Waals surface area contributed by atoms with Crippen molar-refractivity contribution < 1.29 is 9.53 Å². The monoisotopic (exact) mass is 534 g/mol. The van der Waals surface area contributed by atoms with E-state index in [1.807, 2.05) is 25.2 Å². The molecule has 2 aliphatic rings. The summed E-state index contributed by atoms with van der Waals surface area (Å²) in [5.74, 6) is 0.951. The first-order valence-electron chi connectivity index (χ1n) is 10.1. The van der Waals surface area contributed by atoms with Gasteiger partial charge in [0.25, 0.3) is 0 Å². The molecule has 6 nitrogen and oxygen atoms in total. The molecule has 0 saturated carbocycles. The maximum Gasteiger partial charge on any atom is 0.217 e. The van der Waals surface area contributed by atoms with Crippen LogP contribution in [0.3, 0.4) is 0 Å². The highest BCUT2D eigenvalue weighted by Gasteiger charge is 2.36. The number of ether oxygens (including phenoxy) is 1. The van der Waals surface area contributed by atoms with Crippen molar-refractivity contribution in [2.75, 3.05) is 39.9 Å². The number of benzene rings is 1. The summed E-state index contributed by atoms with van der Waals surface area (Å²) in [7, 11) is 1.81. The lowest BCUT2D eigenvalue weighted by Crippen LogP contribution is -2.51. The number of likely N-dealkylation sites (tertiary alicyclic amines) is 1. The summed E-state index contributed by atoms with van der Waals surface area (Å²) in [5.41, 5.74) is 6.50. The number of nitrogens with two attached hydrogens (primary N) is 1. The third-order valence-electron chi connectivity index (χ3n) is 6.00. The maximum atomic E-state index is 11.3. The minimum atomic E-state index is -0.227. The lowest BCUT2D eigenvalue weighted by atomic mass is 9.74. The standard InChI is InChI=1S/C21H31ClN4O2.HI/c1-24-20(26-10-4-5-16(14-26)13-19(23)27)25-15-21(8-11-28-12-9-21)17-6-2-3-7-18(17)22;/h2-3,6-7,16H,4-5,8-15H2,1H3,(H2,23,27)(H,24,25);1H. The molecule has 162 valence electrons. The summed E-state index contributed by atoms with van der Waals surface area (Å²) in [5, 5.41) is 4.40. The third kappa shape index (κ3) is 6.21. The number of hydrogen-bond acceptors (Lipinski definition) is 3. The zero-order valence-corrected chi connectivity index (χ0v) is 20.1. The molecule has 2 aliphatic heterocycles. The van der Waals surface area contributed by atoms with Gasteiger partial charge in [0.15, 0.2) is 5.96 Å². The van der Waals surface area contributed by atoms with E-state index in [1.54, 1.807) is 0 Å². The number of nitrogens with one attached hydrogen (secondary N) is 1. The Balaban J connectivity index is 0.00000300. The number of halogens is 2. The number of aliphatic imine (C=N–C) groups is 1. The number of rotatable bonds is 5. The van der Waals surface area contributed by atoms with Crippen LogP contribution < -0.4 is 11.1 Å². The molecule has 0 radical (unpaired) electrons. The highest BCUT2D eigenvalue weighted by molar-refractivity contribution is 14.0. The zero-order valence-electron chi connectivity index (χ0n) is 17.0. The maximum absolute atomic E-state index is 11.3. The van der Waals surface area contributed by atoms with Crippen molar-refractivity contribution in [3.63, 3.8) is 0 Å². The van der Waals surface area contributed by atoms with E-state index in [-0.39, 0.29) is 35.3 Å². The first kappa shape index (κ1) is 24.2. The fourth-order valence-corrected chi connectivity index (χ4v) is 4.82. The summed E-state index contributed by atoms with van der Waals surface area (Å²) >= 11 is 6.56. The van der Waals surface area contributed by atoms with Gasteiger partial charge in [-0.3, -0.25) is 9.79 Å². The molecule has 3 rings (SSSR count). The minimum Gasteiger partial charge on any atom is -0.381 e. The van der Waals surface area contributed by atoms with Crippen LogP contribution in [0.5, 0.6) is 0 Å². The van der Waals surface area contributed by atoms with E-state index < -0.39 is 0 Å². The molecule has 2 saturated heterocycles. The molecule has 3 N–H and O–H groups in total. The van der Waals surface area contributed by atoms with Gasteiger partial charge in [0, 0.05) is 56.8 Å². The van der Waals surface area contributed by atoms with Crippen LogP contribution in [-0.4, -0.2) is 56.7 Å². The van der Waals surface area contributed by atoms with Gasteiger partial charge in [-0.05, 0) is 43.2 Å². The molecule has 1 unspecified atom stereocenters. The number of nitrogens with zero attached hydrogens (tertiary/aromatic N) is 2. The van der Waals surface area contributed by atoms with Gasteiger partial charge < -0.3 is 20.7 Å². The summed E-state index contributed by atoms with van der Waals surface area (Å²) in [6.07, 6.45) is 4.37. The number of primary amides is 1. The minimum absolute atomic E-state index is 0. The van der Waals surface area contributed by atoms with Crippen LogP contribution in [0.2, 0.25) is 5.02 Å². The second-order valence-electron chi connectivity index (χ2n) is 7.90. The number of piperidine rings is 1. The zero-order chi connectivity index (χ0) is 20.0. The Hall–Kier alpha value is -1.06. The van der Waals surface area contributed by atoms with Crippen LogP contribution in [0.15, 0.2) is 29.3 Å². The van der Waals surface area contributed by atoms with E-state index in [1.165, 1.54) is 5.56 Å². The Kier molecular flexibility index (Phi) is 9.49. The van der Waals surface area contributed by atoms with Crippen LogP contribution in [-0.2, 0) is 14.9 Å². The van der Waals surface area contributed by atoms with Gasteiger partial charge in [0.1, 0.15) is 0 Å². The van der Waals surface area contributed by atoms with Gasteiger partial charge in [-0.2, -0.15) is 0 Å². The van der Waals surface area contributed by atoms with Crippen molar-refractivity contribution in [3.05, 3.63) is 34.9 Å². The fraction of sp³-hybridized carbons (Fsp3) is 0.619. The number of guanidine groups is 1. The van der Waals surface area contributed by atoms with Crippen molar-refractivity contribution in [1.29, 1.82) is 0 Å². The highest BCUT2D eigenvalue weighted by Crippen LogP contribution is 2.38. The molecule has 0 aliphatic carbocycles. The van der Waals surface area contributed by atoms with Gasteiger partial charge in [-0.15, -0.1) is 24.0 Å². The van der Waals surface area contributed by atoms with Crippen LogP contribution in [0, 0.1) is 5.92 Å². The van der Waals surface area contributed by atoms with Crippen LogP contribution in [0.25, 0.3) is 0 Å². The van der Waals surface area contributed by atoms with E-state index in [9.17, 15) is 4.79 Å². The number of carbonyl (C=O) groups excluding carboxylic acids is 1. The smallest absolute Gasteiger partial charge is 0.217 e. The van der Waals surface area contributed by atoms with Crippen molar-refractivity contribution in [2.45, 2.75) is 37.5 Å². The van der Waals surface area contributed by atoms with Crippen molar-refractivity contribution >= 4 is 47.4 Å². The predicted octanol–water partition coefficient (Wildman–Crippen LogP) is 3.17. The number of amides is 1. The Morgan fingerprint density at radius 1 is 1.38 bits per heavy atom. The topological polar surface area (TPSA) is 80.0 Å². The Morgan fingerprint density at radius 2 is 2.10 bits per heavy atom. The van der Waals surface area contributed by atoms with Crippen molar-refractivity contribution in [1.82, 2.24) is 10.2 Å². The van der Waals surface area contributed by atoms with Crippen molar-refractivity contribution in [2.24, 2.45) is 16.6 Å². The first-order valence-corrected chi connectivity index (χ1v) is 10.5. The molecule has 2 fully saturated rings. The number of hydrogen-bond donors (Lipinski definition) is 2. The van der Waals surface area contributed by atoms with Gasteiger partial charge >= 0.3 is 0 Å². The second kappa shape index (κ2) is 11.4. The van der Waals surface area contributed by atoms with E-state index in [0.29, 0.717) is 12.3 Å². The lowest BCUT2D eigenvalue weighted by molar-refractivity contribution is -0.119. The summed E-state index contributed by atoms with van der Waals surface area (Å²) in [6.45, 7) is 3.97. The normalized spacial score (nSPS) is 21.9. The largest absolute Gasteiger partial charge is 0.381 e. The molecule has 0 aromatic heterocycles. The summed E-state index contributed by atoms with van der Waals surface area (Å²) < 4.78 is 5.63. The molecular weight excluding hydrogens is 503 g/mol. The van der Waals surface area contributed by atoms with Crippen LogP contribution >= 0.6 is 35.6 Å². The predicted molar refractivity (Wildman–Crippen MR) is 128 cm³/mol. The Bertz CT molecular complexity index is 710. The Labute approximate surface area is 195 Å². The second-order valence-corrected chi connectivity index (χ2v) is 8.31. The first-order chi connectivity index (χ1) is 13.5. The van der Waals surface area contributed by atoms with E-state index in [0.717, 1.165) is 69.5 Å². The van der Waals surface area contributed by atoms with E-state index >= 15 is 0 Å². The summed E-state index contributed by atoms with van der Waals surface area (Å²) in [6, 6.07) is 8.11. The molecule has 0 spiro atoms. The molecule has 1 aromatic carbocycles. The average molecular weight is 535 g/mol. The molecule has 8 heteroatoms.